The number of aryl methyl sites for hydroxylation is 1. The van der Waals surface area contributed by atoms with Gasteiger partial charge in [0, 0.05) is 12.7 Å². The Balaban J connectivity index is 2.50. The van der Waals surface area contributed by atoms with Crippen molar-refractivity contribution in [1.82, 2.24) is 0 Å². The van der Waals surface area contributed by atoms with Crippen molar-refractivity contribution in [3.05, 3.63) is 70.5 Å². The molecule has 0 spiro atoms. The van der Waals surface area contributed by atoms with Crippen LogP contribution in [0.4, 0.5) is 4.39 Å². The summed E-state index contributed by atoms with van der Waals surface area (Å²) in [6.45, 7) is 2.24. The fourth-order valence-corrected chi connectivity index (χ4v) is 2.04. The van der Waals surface area contributed by atoms with Crippen LogP contribution < -0.4 is 0 Å². The molecular weight excluding hydrogens is 243 g/mol. The first-order chi connectivity index (χ1) is 9.15. The minimum atomic E-state index is -0.502. The highest BCUT2D eigenvalue weighted by atomic mass is 19.1. The monoisotopic (exact) mass is 258 g/mol. The summed E-state index contributed by atoms with van der Waals surface area (Å²) in [6.07, 6.45) is 0. The molecule has 98 valence electrons. The minimum absolute atomic E-state index is 0.0884. The molecule has 0 radical (unpaired) electrons. The molecule has 2 nitrogen and oxygen atoms in total. The Kier molecular flexibility index (Phi) is 4.07. The number of carbonyl (C=O) groups is 1. The van der Waals surface area contributed by atoms with E-state index in [1.54, 1.807) is 31.4 Å². The Hall–Kier alpha value is -2.00. The molecule has 19 heavy (non-hydrogen) atoms. The molecule has 0 saturated heterocycles. The van der Waals surface area contributed by atoms with Gasteiger partial charge in [-0.2, -0.15) is 0 Å². The molecule has 0 bridgehead atoms. The second-order valence-electron chi connectivity index (χ2n) is 4.34. The van der Waals surface area contributed by atoms with E-state index in [9.17, 15) is 9.18 Å². The predicted octanol–water partition coefficient (Wildman–Crippen LogP) is 3.51. The zero-order chi connectivity index (χ0) is 13.8. The van der Waals surface area contributed by atoms with Crippen LogP contribution in [0.1, 0.15) is 27.0 Å². The van der Waals surface area contributed by atoms with E-state index in [1.807, 2.05) is 13.0 Å². The second-order valence-corrected chi connectivity index (χ2v) is 4.34. The van der Waals surface area contributed by atoms with Crippen molar-refractivity contribution in [2.45, 2.75) is 13.5 Å². The fraction of sp³-hybridized carbons (Fsp3) is 0.188. The highest BCUT2D eigenvalue weighted by Gasteiger charge is 2.17. The minimum Gasteiger partial charge on any atom is -0.380 e. The van der Waals surface area contributed by atoms with Gasteiger partial charge in [-0.15, -0.1) is 0 Å². The van der Waals surface area contributed by atoms with Gasteiger partial charge in [-0.25, -0.2) is 4.39 Å². The van der Waals surface area contributed by atoms with E-state index in [4.69, 9.17) is 4.74 Å². The quantitative estimate of drug-likeness (QED) is 0.784. The molecule has 2 aromatic carbocycles. The smallest absolute Gasteiger partial charge is 0.196 e. The third kappa shape index (κ3) is 2.71. The maximum Gasteiger partial charge on any atom is 0.196 e. The van der Waals surface area contributed by atoms with Gasteiger partial charge >= 0.3 is 0 Å². The van der Waals surface area contributed by atoms with Gasteiger partial charge in [-0.1, -0.05) is 30.3 Å². The first kappa shape index (κ1) is 13.4. The molecule has 3 heteroatoms. The lowest BCUT2D eigenvalue weighted by molar-refractivity contribution is 0.103. The molecule has 0 saturated carbocycles. The Morgan fingerprint density at radius 1 is 1.11 bits per heavy atom. The van der Waals surface area contributed by atoms with E-state index in [1.165, 1.54) is 12.1 Å². The van der Waals surface area contributed by atoms with Crippen molar-refractivity contribution in [3.63, 3.8) is 0 Å². The predicted molar refractivity (Wildman–Crippen MR) is 71.7 cm³/mol. The van der Waals surface area contributed by atoms with Crippen molar-refractivity contribution >= 4 is 5.78 Å². The first-order valence-corrected chi connectivity index (χ1v) is 6.01. The summed E-state index contributed by atoms with van der Waals surface area (Å²) >= 11 is 0. The molecule has 0 aliphatic heterocycles. The lowest BCUT2D eigenvalue weighted by Gasteiger charge is -2.11. The number of hydrogen-bond acceptors (Lipinski definition) is 2. The second kappa shape index (κ2) is 5.76. The average Bonchev–Trinajstić information content (AvgIpc) is 2.41. The highest BCUT2D eigenvalue weighted by molar-refractivity contribution is 6.10. The van der Waals surface area contributed by atoms with E-state index in [0.29, 0.717) is 12.2 Å². The maximum atomic E-state index is 13.7. The van der Waals surface area contributed by atoms with E-state index in [-0.39, 0.29) is 11.3 Å². The highest BCUT2D eigenvalue weighted by Crippen LogP contribution is 2.20. The van der Waals surface area contributed by atoms with Gasteiger partial charge in [-0.05, 0) is 30.2 Å². The van der Waals surface area contributed by atoms with Crippen LogP contribution in [0.25, 0.3) is 0 Å². The van der Waals surface area contributed by atoms with Crippen molar-refractivity contribution in [1.29, 1.82) is 0 Å². The Morgan fingerprint density at radius 3 is 2.47 bits per heavy atom. The zero-order valence-corrected chi connectivity index (χ0v) is 10.9. The van der Waals surface area contributed by atoms with E-state index >= 15 is 0 Å². The van der Waals surface area contributed by atoms with Crippen LogP contribution in [-0.2, 0) is 11.3 Å². The van der Waals surface area contributed by atoms with E-state index in [2.05, 4.69) is 0 Å². The summed E-state index contributed by atoms with van der Waals surface area (Å²) < 4.78 is 18.8. The number of carbonyl (C=O) groups excluding carboxylic acids is 1. The lowest BCUT2D eigenvalue weighted by Crippen LogP contribution is -2.09. The molecule has 0 atom stereocenters. The van der Waals surface area contributed by atoms with Crippen LogP contribution in [0.2, 0.25) is 0 Å². The third-order valence-corrected chi connectivity index (χ3v) is 3.06. The molecule has 0 unspecified atom stereocenters. The van der Waals surface area contributed by atoms with E-state index in [0.717, 1.165) is 11.1 Å². The molecule has 0 heterocycles. The number of rotatable bonds is 4. The van der Waals surface area contributed by atoms with Crippen LogP contribution in [0.15, 0.2) is 42.5 Å². The summed E-state index contributed by atoms with van der Waals surface area (Å²) in [7, 11) is 1.57. The van der Waals surface area contributed by atoms with Crippen molar-refractivity contribution in [2.75, 3.05) is 7.11 Å². The van der Waals surface area contributed by atoms with Crippen LogP contribution >= 0.6 is 0 Å². The molecule has 0 N–H and O–H groups in total. The summed E-state index contributed by atoms with van der Waals surface area (Å²) in [5, 5.41) is 0. The van der Waals surface area contributed by atoms with Crippen molar-refractivity contribution < 1.29 is 13.9 Å². The van der Waals surface area contributed by atoms with E-state index < -0.39 is 5.82 Å². The molecule has 0 aliphatic rings. The SMILES string of the molecule is COCc1c(C)cccc1C(=O)c1ccccc1F. The van der Waals surface area contributed by atoms with Crippen LogP contribution in [0, 0.1) is 12.7 Å². The van der Waals surface area contributed by atoms with Crippen molar-refractivity contribution in [3.8, 4) is 0 Å². The van der Waals surface area contributed by atoms with Crippen LogP contribution in [0.5, 0.6) is 0 Å². The molecule has 2 aromatic rings. The van der Waals surface area contributed by atoms with Gasteiger partial charge in [0.05, 0.1) is 12.2 Å². The molecule has 0 fully saturated rings. The molecule has 2 rings (SSSR count). The molecule has 0 aromatic heterocycles. The number of benzene rings is 2. The summed E-state index contributed by atoms with van der Waals surface area (Å²) in [6, 6.07) is 11.4. The topological polar surface area (TPSA) is 26.3 Å². The maximum absolute atomic E-state index is 13.7. The van der Waals surface area contributed by atoms with Crippen molar-refractivity contribution in [2.24, 2.45) is 0 Å². The van der Waals surface area contributed by atoms with Gasteiger partial charge in [0.1, 0.15) is 5.82 Å². The fourth-order valence-electron chi connectivity index (χ4n) is 2.04. The Bertz CT molecular complexity index is 605. The molecular formula is C16H15FO2. The van der Waals surface area contributed by atoms with Crippen LogP contribution in [0.3, 0.4) is 0 Å². The lowest BCUT2D eigenvalue weighted by atomic mass is 9.95. The number of ether oxygens (including phenoxy) is 1. The number of hydrogen-bond donors (Lipinski definition) is 0. The number of ketones is 1. The summed E-state index contributed by atoms with van der Waals surface area (Å²) in [4.78, 5) is 12.4. The molecule has 0 amide bonds. The Labute approximate surface area is 111 Å². The third-order valence-electron chi connectivity index (χ3n) is 3.06. The number of methoxy groups -OCH3 is 1. The summed E-state index contributed by atoms with van der Waals surface area (Å²) in [5.74, 6) is -0.814. The Morgan fingerprint density at radius 2 is 1.79 bits per heavy atom. The largest absolute Gasteiger partial charge is 0.380 e. The van der Waals surface area contributed by atoms with Gasteiger partial charge in [0.25, 0.3) is 0 Å². The van der Waals surface area contributed by atoms with Gasteiger partial charge in [0.15, 0.2) is 5.78 Å². The normalized spacial score (nSPS) is 10.5. The number of halogens is 1. The summed E-state index contributed by atoms with van der Waals surface area (Å²) in [5.41, 5.74) is 2.35. The zero-order valence-electron chi connectivity index (χ0n) is 10.9. The average molecular weight is 258 g/mol. The van der Waals surface area contributed by atoms with Crippen LogP contribution in [-0.4, -0.2) is 12.9 Å². The molecule has 0 aliphatic carbocycles. The first-order valence-electron chi connectivity index (χ1n) is 6.01. The van der Waals surface area contributed by atoms with Gasteiger partial charge in [-0.3, -0.25) is 4.79 Å². The standard InChI is InChI=1S/C16H15FO2/c1-11-6-5-8-12(14(11)10-19-2)16(18)13-7-3-4-9-15(13)17/h3-9H,10H2,1-2H3. The van der Waals surface area contributed by atoms with Gasteiger partial charge in [0.2, 0.25) is 0 Å². The van der Waals surface area contributed by atoms with Gasteiger partial charge < -0.3 is 4.74 Å².